The summed E-state index contributed by atoms with van der Waals surface area (Å²) >= 11 is 1.77. The largest absolute Gasteiger partial charge is 0.490 e. The van der Waals surface area contributed by atoms with Crippen molar-refractivity contribution in [2.24, 2.45) is 0 Å². The Morgan fingerprint density at radius 3 is 2.58 bits per heavy atom. The van der Waals surface area contributed by atoms with E-state index in [0.717, 1.165) is 43.2 Å². The maximum atomic E-state index is 11.4. The van der Waals surface area contributed by atoms with E-state index in [1.54, 1.807) is 23.5 Å². The summed E-state index contributed by atoms with van der Waals surface area (Å²) in [6.07, 6.45) is 4.23. The highest BCUT2D eigenvalue weighted by Crippen LogP contribution is 2.22. The second-order valence-corrected chi connectivity index (χ2v) is 7.27. The minimum atomic E-state index is -0.326. The predicted molar refractivity (Wildman–Crippen MR) is 93.6 cm³/mol. The van der Waals surface area contributed by atoms with E-state index in [2.05, 4.69) is 9.88 Å². The second-order valence-electron chi connectivity index (χ2n) is 5.95. The number of carbonyl (C=O) groups excluding carboxylic acids is 1. The van der Waals surface area contributed by atoms with E-state index in [9.17, 15) is 4.79 Å². The first-order valence-electron chi connectivity index (χ1n) is 8.13. The summed E-state index contributed by atoms with van der Waals surface area (Å²) < 4.78 is 10.7. The van der Waals surface area contributed by atoms with Crippen LogP contribution in [0.1, 0.15) is 33.1 Å². The van der Waals surface area contributed by atoms with Crippen LogP contribution in [0.25, 0.3) is 0 Å². The average molecular weight is 346 g/mol. The monoisotopic (exact) mass is 346 g/mol. The molecule has 0 amide bonds. The number of aromatic nitrogens is 1. The number of rotatable bonds is 5. The molecule has 0 spiro atoms. The van der Waals surface area contributed by atoms with Crippen molar-refractivity contribution in [2.75, 3.05) is 20.2 Å². The highest BCUT2D eigenvalue weighted by molar-refractivity contribution is 7.11. The molecule has 0 unspecified atom stereocenters. The first-order chi connectivity index (χ1) is 11.6. The maximum Gasteiger partial charge on any atom is 0.337 e. The van der Waals surface area contributed by atoms with Gasteiger partial charge >= 0.3 is 5.97 Å². The molecule has 1 fully saturated rings. The molecule has 0 saturated carbocycles. The van der Waals surface area contributed by atoms with E-state index in [1.807, 2.05) is 25.3 Å². The molecule has 0 N–H and O–H groups in total. The van der Waals surface area contributed by atoms with Crippen LogP contribution in [0.5, 0.6) is 5.75 Å². The third-order valence-corrected chi connectivity index (χ3v) is 5.06. The molecule has 1 aliphatic heterocycles. The van der Waals surface area contributed by atoms with Gasteiger partial charge in [-0.2, -0.15) is 0 Å². The summed E-state index contributed by atoms with van der Waals surface area (Å²) in [6, 6.07) is 7.14. The van der Waals surface area contributed by atoms with E-state index >= 15 is 0 Å². The van der Waals surface area contributed by atoms with Gasteiger partial charge in [0.15, 0.2) is 0 Å². The molecule has 0 atom stereocenters. The van der Waals surface area contributed by atoms with Crippen LogP contribution in [-0.2, 0) is 11.3 Å². The van der Waals surface area contributed by atoms with E-state index in [0.29, 0.717) is 5.56 Å². The third-order valence-electron chi connectivity index (χ3n) is 4.16. The van der Waals surface area contributed by atoms with Gasteiger partial charge in [0.25, 0.3) is 0 Å². The Morgan fingerprint density at radius 2 is 2.00 bits per heavy atom. The van der Waals surface area contributed by atoms with Gasteiger partial charge in [0.05, 0.1) is 17.7 Å². The van der Waals surface area contributed by atoms with Crippen molar-refractivity contribution in [1.82, 2.24) is 9.88 Å². The topological polar surface area (TPSA) is 51.7 Å². The number of hydrogen-bond acceptors (Lipinski definition) is 6. The van der Waals surface area contributed by atoms with Crippen molar-refractivity contribution in [3.8, 4) is 5.75 Å². The number of aryl methyl sites for hydroxylation is 1. The Kier molecular flexibility index (Phi) is 5.48. The molecule has 6 heteroatoms. The molecule has 1 aromatic carbocycles. The van der Waals surface area contributed by atoms with Gasteiger partial charge in [0.1, 0.15) is 11.9 Å². The van der Waals surface area contributed by atoms with Gasteiger partial charge in [-0.05, 0) is 44.0 Å². The zero-order valence-electron chi connectivity index (χ0n) is 14.0. The number of esters is 1. The SMILES string of the molecule is COC(=O)c1ccc(OC2CCN(Cc3cnc(C)s3)CC2)cc1. The number of carbonyl (C=O) groups is 1. The second kappa shape index (κ2) is 7.77. The van der Waals surface area contributed by atoms with Crippen molar-refractivity contribution in [3.05, 3.63) is 45.9 Å². The molecule has 0 aliphatic carbocycles. The molecule has 5 nitrogen and oxygen atoms in total. The van der Waals surface area contributed by atoms with Crippen LogP contribution < -0.4 is 4.74 Å². The number of likely N-dealkylation sites (tertiary alicyclic amines) is 1. The van der Waals surface area contributed by atoms with Crippen LogP contribution in [-0.4, -0.2) is 42.2 Å². The summed E-state index contributed by atoms with van der Waals surface area (Å²) in [5.74, 6) is 0.479. The minimum absolute atomic E-state index is 0.230. The van der Waals surface area contributed by atoms with Gasteiger partial charge < -0.3 is 9.47 Å². The lowest BCUT2D eigenvalue weighted by Crippen LogP contribution is -2.37. The van der Waals surface area contributed by atoms with Gasteiger partial charge in [-0.1, -0.05) is 0 Å². The van der Waals surface area contributed by atoms with Crippen LogP contribution in [0.3, 0.4) is 0 Å². The van der Waals surface area contributed by atoms with E-state index < -0.39 is 0 Å². The molecule has 0 radical (unpaired) electrons. The number of ether oxygens (including phenoxy) is 2. The molecule has 3 rings (SSSR count). The van der Waals surface area contributed by atoms with Crippen molar-refractivity contribution < 1.29 is 14.3 Å². The lowest BCUT2D eigenvalue weighted by molar-refractivity contribution is 0.0600. The molecule has 0 bridgehead atoms. The van der Waals surface area contributed by atoms with E-state index in [1.165, 1.54) is 12.0 Å². The normalized spacial score (nSPS) is 16.1. The summed E-state index contributed by atoms with van der Waals surface area (Å²) in [5, 5.41) is 1.12. The Balaban J connectivity index is 1.47. The Bertz CT molecular complexity index is 676. The smallest absolute Gasteiger partial charge is 0.337 e. The maximum absolute atomic E-state index is 11.4. The molecule has 2 heterocycles. The number of methoxy groups -OCH3 is 1. The molecular weight excluding hydrogens is 324 g/mol. The predicted octanol–water partition coefficient (Wildman–Crippen LogP) is 3.28. The Labute approximate surface area is 146 Å². The Hall–Kier alpha value is -1.92. The van der Waals surface area contributed by atoms with Crippen LogP contribution in [0.15, 0.2) is 30.5 Å². The van der Waals surface area contributed by atoms with Crippen molar-refractivity contribution >= 4 is 17.3 Å². The van der Waals surface area contributed by atoms with E-state index in [-0.39, 0.29) is 12.1 Å². The van der Waals surface area contributed by atoms with Crippen LogP contribution in [0, 0.1) is 6.92 Å². The highest BCUT2D eigenvalue weighted by Gasteiger charge is 2.21. The fraction of sp³-hybridized carbons (Fsp3) is 0.444. The number of nitrogens with zero attached hydrogens (tertiary/aromatic N) is 2. The molecule has 1 aliphatic rings. The molecule has 24 heavy (non-hydrogen) atoms. The molecule has 128 valence electrons. The van der Waals surface area contributed by atoms with Crippen LogP contribution in [0.4, 0.5) is 0 Å². The lowest BCUT2D eigenvalue weighted by Gasteiger charge is -2.31. The third kappa shape index (κ3) is 4.33. The number of benzene rings is 1. The quantitative estimate of drug-likeness (QED) is 0.778. The number of hydrogen-bond donors (Lipinski definition) is 0. The van der Waals surface area contributed by atoms with E-state index in [4.69, 9.17) is 9.47 Å². The zero-order valence-corrected chi connectivity index (χ0v) is 14.8. The van der Waals surface area contributed by atoms with Gasteiger partial charge in [0.2, 0.25) is 0 Å². The summed E-state index contributed by atoms with van der Waals surface area (Å²) in [6.45, 7) is 5.08. The van der Waals surface area contributed by atoms with Crippen LogP contribution >= 0.6 is 11.3 Å². The van der Waals surface area contributed by atoms with Crippen molar-refractivity contribution in [3.63, 3.8) is 0 Å². The Morgan fingerprint density at radius 1 is 1.29 bits per heavy atom. The molecule has 1 saturated heterocycles. The van der Waals surface area contributed by atoms with Gasteiger partial charge in [-0.25, -0.2) is 9.78 Å². The average Bonchev–Trinajstić information content (AvgIpc) is 3.01. The summed E-state index contributed by atoms with van der Waals surface area (Å²) in [4.78, 5) is 19.5. The van der Waals surface area contributed by atoms with Crippen LogP contribution in [0.2, 0.25) is 0 Å². The zero-order chi connectivity index (χ0) is 16.9. The van der Waals surface area contributed by atoms with Crippen molar-refractivity contribution in [2.45, 2.75) is 32.4 Å². The van der Waals surface area contributed by atoms with Gasteiger partial charge in [0, 0.05) is 30.7 Å². The van der Waals surface area contributed by atoms with Crippen molar-refractivity contribution in [1.29, 1.82) is 0 Å². The fourth-order valence-electron chi connectivity index (χ4n) is 2.86. The molecule has 2 aromatic rings. The van der Waals surface area contributed by atoms with Gasteiger partial charge in [-0.15, -0.1) is 11.3 Å². The lowest BCUT2D eigenvalue weighted by atomic mass is 10.1. The first kappa shape index (κ1) is 16.9. The fourth-order valence-corrected chi connectivity index (χ4v) is 3.70. The molecule has 1 aromatic heterocycles. The number of thiazole rings is 1. The first-order valence-corrected chi connectivity index (χ1v) is 8.94. The highest BCUT2D eigenvalue weighted by atomic mass is 32.1. The standard InChI is InChI=1S/C18H22N2O3S/c1-13-19-11-17(24-13)12-20-9-7-16(8-10-20)23-15-5-3-14(4-6-15)18(21)22-2/h3-6,11,16H,7-10,12H2,1-2H3. The summed E-state index contributed by atoms with van der Waals surface area (Å²) in [7, 11) is 1.38. The number of piperidine rings is 1. The van der Waals surface area contributed by atoms with Gasteiger partial charge in [-0.3, -0.25) is 4.90 Å². The molecular formula is C18H22N2O3S. The summed E-state index contributed by atoms with van der Waals surface area (Å²) in [5.41, 5.74) is 0.541. The minimum Gasteiger partial charge on any atom is -0.490 e.